The van der Waals surface area contributed by atoms with Crippen LogP contribution in [0.3, 0.4) is 0 Å². The molecule has 2 aromatic heterocycles. The lowest BCUT2D eigenvalue weighted by molar-refractivity contribution is 0.537. The smallest absolute Gasteiger partial charge is 0.140 e. The standard InChI is InChI=1S/C17H19N3/c1-18-12-9-16(14-6-3-2-4-7-14)20-13-10-15-8-5-11-19-17(15)20/h2-8,10-11,13,16,18H,9,12H2,1H3. The lowest BCUT2D eigenvalue weighted by atomic mass is 10.0. The molecule has 0 fully saturated rings. The highest BCUT2D eigenvalue weighted by Gasteiger charge is 2.15. The topological polar surface area (TPSA) is 29.9 Å². The lowest BCUT2D eigenvalue weighted by Gasteiger charge is -2.20. The third kappa shape index (κ3) is 2.45. The molecule has 3 aromatic rings. The van der Waals surface area contributed by atoms with Crippen LogP contribution in [0.2, 0.25) is 0 Å². The number of hydrogen-bond donors (Lipinski definition) is 1. The van der Waals surface area contributed by atoms with E-state index in [2.05, 4.69) is 63.5 Å². The van der Waals surface area contributed by atoms with E-state index in [1.54, 1.807) is 0 Å². The summed E-state index contributed by atoms with van der Waals surface area (Å²) in [6.07, 6.45) is 5.05. The van der Waals surface area contributed by atoms with Crippen molar-refractivity contribution in [2.24, 2.45) is 0 Å². The van der Waals surface area contributed by atoms with E-state index < -0.39 is 0 Å². The van der Waals surface area contributed by atoms with Gasteiger partial charge in [-0.05, 0) is 43.8 Å². The first-order valence-electron chi connectivity index (χ1n) is 7.01. The summed E-state index contributed by atoms with van der Waals surface area (Å²) in [6, 6.07) is 17.2. The zero-order chi connectivity index (χ0) is 13.8. The van der Waals surface area contributed by atoms with Gasteiger partial charge in [-0.3, -0.25) is 0 Å². The summed E-state index contributed by atoms with van der Waals surface area (Å²) in [5.74, 6) is 0. The van der Waals surface area contributed by atoms with Gasteiger partial charge in [0.1, 0.15) is 5.65 Å². The van der Waals surface area contributed by atoms with E-state index in [1.807, 2.05) is 19.3 Å². The molecule has 0 aliphatic heterocycles. The van der Waals surface area contributed by atoms with Crippen LogP contribution in [-0.2, 0) is 0 Å². The summed E-state index contributed by atoms with van der Waals surface area (Å²) in [6.45, 7) is 0.978. The Bertz CT molecular complexity index is 673. The van der Waals surface area contributed by atoms with E-state index in [1.165, 1.54) is 10.9 Å². The predicted octanol–water partition coefficient (Wildman–Crippen LogP) is 3.24. The number of pyridine rings is 1. The Morgan fingerprint density at radius 1 is 1.10 bits per heavy atom. The highest BCUT2D eigenvalue weighted by atomic mass is 15.1. The van der Waals surface area contributed by atoms with Crippen molar-refractivity contribution in [3.63, 3.8) is 0 Å². The molecule has 0 saturated heterocycles. The molecular weight excluding hydrogens is 246 g/mol. The summed E-state index contributed by atoms with van der Waals surface area (Å²) in [7, 11) is 1.99. The van der Waals surface area contributed by atoms with Gasteiger partial charge in [-0.15, -0.1) is 0 Å². The van der Waals surface area contributed by atoms with Crippen molar-refractivity contribution in [2.75, 3.05) is 13.6 Å². The maximum absolute atomic E-state index is 4.54. The fourth-order valence-electron chi connectivity index (χ4n) is 2.66. The van der Waals surface area contributed by atoms with Crippen molar-refractivity contribution in [1.82, 2.24) is 14.9 Å². The molecule has 0 aliphatic carbocycles. The van der Waals surface area contributed by atoms with Crippen molar-refractivity contribution >= 4 is 11.0 Å². The molecule has 102 valence electrons. The molecule has 0 saturated carbocycles. The predicted molar refractivity (Wildman–Crippen MR) is 82.9 cm³/mol. The maximum atomic E-state index is 4.54. The molecule has 1 unspecified atom stereocenters. The van der Waals surface area contributed by atoms with Crippen molar-refractivity contribution in [3.05, 3.63) is 66.5 Å². The van der Waals surface area contributed by atoms with Gasteiger partial charge in [0.05, 0.1) is 6.04 Å². The van der Waals surface area contributed by atoms with Gasteiger partial charge in [-0.1, -0.05) is 30.3 Å². The summed E-state index contributed by atoms with van der Waals surface area (Å²) >= 11 is 0. The Kier molecular flexibility index (Phi) is 3.79. The van der Waals surface area contributed by atoms with Crippen LogP contribution in [0.5, 0.6) is 0 Å². The quantitative estimate of drug-likeness (QED) is 0.767. The first-order chi connectivity index (χ1) is 9.90. The van der Waals surface area contributed by atoms with Crippen molar-refractivity contribution < 1.29 is 0 Å². The molecule has 0 radical (unpaired) electrons. The molecule has 1 atom stereocenters. The van der Waals surface area contributed by atoms with Crippen molar-refractivity contribution in [1.29, 1.82) is 0 Å². The summed E-state index contributed by atoms with van der Waals surface area (Å²) < 4.78 is 2.28. The Balaban J connectivity index is 2.05. The lowest BCUT2D eigenvalue weighted by Crippen LogP contribution is -2.17. The van der Waals surface area contributed by atoms with Crippen LogP contribution in [0, 0.1) is 0 Å². The van der Waals surface area contributed by atoms with E-state index in [0.717, 1.165) is 18.6 Å². The minimum Gasteiger partial charge on any atom is -0.325 e. The Hall–Kier alpha value is -2.13. The number of fused-ring (bicyclic) bond motifs is 1. The molecule has 0 aliphatic rings. The fourth-order valence-corrected chi connectivity index (χ4v) is 2.66. The van der Waals surface area contributed by atoms with Crippen LogP contribution in [-0.4, -0.2) is 23.1 Å². The highest BCUT2D eigenvalue weighted by Crippen LogP contribution is 2.26. The average Bonchev–Trinajstić information content (AvgIpc) is 2.93. The molecule has 1 aromatic carbocycles. The van der Waals surface area contributed by atoms with Gasteiger partial charge in [0.25, 0.3) is 0 Å². The van der Waals surface area contributed by atoms with Gasteiger partial charge >= 0.3 is 0 Å². The second-order valence-corrected chi connectivity index (χ2v) is 4.96. The van der Waals surface area contributed by atoms with Gasteiger partial charge in [0, 0.05) is 17.8 Å². The number of hydrogen-bond acceptors (Lipinski definition) is 2. The summed E-state index contributed by atoms with van der Waals surface area (Å²) in [5, 5.41) is 4.44. The SMILES string of the molecule is CNCCC(c1ccccc1)n1ccc2cccnc21. The van der Waals surface area contributed by atoms with E-state index in [0.29, 0.717) is 6.04 Å². The monoisotopic (exact) mass is 265 g/mol. The van der Waals surface area contributed by atoms with Crippen molar-refractivity contribution in [2.45, 2.75) is 12.5 Å². The van der Waals surface area contributed by atoms with E-state index in [4.69, 9.17) is 0 Å². The number of aromatic nitrogens is 2. The van der Waals surface area contributed by atoms with Crippen LogP contribution in [0.4, 0.5) is 0 Å². The second kappa shape index (κ2) is 5.88. The molecule has 20 heavy (non-hydrogen) atoms. The minimum absolute atomic E-state index is 0.316. The molecule has 3 heteroatoms. The molecule has 1 N–H and O–H groups in total. The van der Waals surface area contributed by atoms with Gasteiger partial charge < -0.3 is 9.88 Å². The van der Waals surface area contributed by atoms with Gasteiger partial charge in [-0.25, -0.2) is 4.98 Å². The number of nitrogens with zero attached hydrogens (tertiary/aromatic N) is 2. The Labute approximate surface area is 119 Å². The molecule has 0 spiro atoms. The van der Waals surface area contributed by atoms with Crippen LogP contribution in [0.25, 0.3) is 11.0 Å². The molecule has 0 amide bonds. The number of benzene rings is 1. The summed E-state index contributed by atoms with van der Waals surface area (Å²) in [5.41, 5.74) is 2.38. The zero-order valence-corrected chi connectivity index (χ0v) is 11.7. The first-order valence-corrected chi connectivity index (χ1v) is 7.01. The normalized spacial score (nSPS) is 12.7. The highest BCUT2D eigenvalue weighted by molar-refractivity contribution is 5.76. The average molecular weight is 265 g/mol. The zero-order valence-electron chi connectivity index (χ0n) is 11.7. The molecular formula is C17H19N3. The van der Waals surface area contributed by atoms with Gasteiger partial charge in [0.15, 0.2) is 0 Å². The molecule has 0 bridgehead atoms. The van der Waals surface area contributed by atoms with E-state index >= 15 is 0 Å². The van der Waals surface area contributed by atoms with Crippen LogP contribution < -0.4 is 5.32 Å². The molecule has 2 heterocycles. The van der Waals surface area contributed by atoms with E-state index in [-0.39, 0.29) is 0 Å². The first kappa shape index (κ1) is 12.9. The van der Waals surface area contributed by atoms with Crippen LogP contribution >= 0.6 is 0 Å². The maximum Gasteiger partial charge on any atom is 0.140 e. The molecule has 3 nitrogen and oxygen atoms in total. The van der Waals surface area contributed by atoms with Crippen molar-refractivity contribution in [3.8, 4) is 0 Å². The third-order valence-corrected chi connectivity index (χ3v) is 3.66. The Morgan fingerprint density at radius 3 is 2.75 bits per heavy atom. The number of rotatable bonds is 5. The number of nitrogens with one attached hydrogen (secondary N) is 1. The third-order valence-electron chi connectivity index (χ3n) is 3.66. The fraction of sp³-hybridized carbons (Fsp3) is 0.235. The molecule has 3 rings (SSSR count). The summed E-state index contributed by atoms with van der Waals surface area (Å²) in [4.78, 5) is 4.54. The van der Waals surface area contributed by atoms with Crippen LogP contribution in [0.1, 0.15) is 18.0 Å². The van der Waals surface area contributed by atoms with Gasteiger partial charge in [0.2, 0.25) is 0 Å². The van der Waals surface area contributed by atoms with Gasteiger partial charge in [-0.2, -0.15) is 0 Å². The van der Waals surface area contributed by atoms with Crippen LogP contribution in [0.15, 0.2) is 60.9 Å². The minimum atomic E-state index is 0.316. The Morgan fingerprint density at radius 2 is 1.95 bits per heavy atom. The van der Waals surface area contributed by atoms with E-state index in [9.17, 15) is 0 Å². The second-order valence-electron chi connectivity index (χ2n) is 4.96. The largest absolute Gasteiger partial charge is 0.325 e.